The van der Waals surface area contributed by atoms with Gasteiger partial charge in [-0.1, -0.05) is 12.1 Å². The van der Waals surface area contributed by atoms with Crippen molar-refractivity contribution in [1.29, 1.82) is 0 Å². The molecule has 0 saturated carbocycles. The first kappa shape index (κ1) is 20.9. The number of esters is 1. The van der Waals surface area contributed by atoms with Crippen molar-refractivity contribution >= 4 is 23.6 Å². The summed E-state index contributed by atoms with van der Waals surface area (Å²) < 4.78 is 10.2. The van der Waals surface area contributed by atoms with Gasteiger partial charge in [0.15, 0.2) is 0 Å². The van der Waals surface area contributed by atoms with Crippen molar-refractivity contribution in [2.24, 2.45) is 0 Å². The number of amides is 3. The van der Waals surface area contributed by atoms with Crippen molar-refractivity contribution in [3.05, 3.63) is 29.3 Å². The number of ether oxygens (including phenoxy) is 2. The Labute approximate surface area is 159 Å². The van der Waals surface area contributed by atoms with Gasteiger partial charge in [0.05, 0.1) is 32.2 Å². The zero-order chi connectivity index (χ0) is 19.9. The highest BCUT2D eigenvalue weighted by Crippen LogP contribution is 2.23. The van der Waals surface area contributed by atoms with Gasteiger partial charge in [0.25, 0.3) is 0 Å². The number of nitrogens with one attached hydrogen (secondary N) is 3. The maximum absolute atomic E-state index is 12.1. The molecule has 1 aromatic carbocycles. The summed E-state index contributed by atoms with van der Waals surface area (Å²) in [5, 5.41) is 8.04. The van der Waals surface area contributed by atoms with E-state index in [0.29, 0.717) is 25.3 Å². The largest absolute Gasteiger partial charge is 0.469 e. The third kappa shape index (κ3) is 6.04. The second-order valence-corrected chi connectivity index (χ2v) is 6.79. The van der Waals surface area contributed by atoms with Gasteiger partial charge in [0.2, 0.25) is 5.91 Å². The van der Waals surface area contributed by atoms with Gasteiger partial charge in [-0.25, -0.2) is 4.79 Å². The summed E-state index contributed by atoms with van der Waals surface area (Å²) >= 11 is 0. The average molecular weight is 377 g/mol. The number of methoxy groups -OCH3 is 1. The minimum absolute atomic E-state index is 0.103. The van der Waals surface area contributed by atoms with E-state index >= 15 is 0 Å². The monoisotopic (exact) mass is 377 g/mol. The van der Waals surface area contributed by atoms with Gasteiger partial charge in [-0.2, -0.15) is 0 Å². The number of aryl methyl sites for hydroxylation is 1. The lowest BCUT2D eigenvalue weighted by atomic mass is 9.88. The highest BCUT2D eigenvalue weighted by atomic mass is 16.5. The zero-order valence-corrected chi connectivity index (χ0v) is 16.0. The molecule has 0 bridgehead atoms. The Kier molecular flexibility index (Phi) is 7.32. The van der Waals surface area contributed by atoms with Crippen molar-refractivity contribution in [3.63, 3.8) is 0 Å². The zero-order valence-electron chi connectivity index (χ0n) is 16.0. The van der Waals surface area contributed by atoms with Crippen molar-refractivity contribution in [3.8, 4) is 0 Å². The molecule has 1 aliphatic heterocycles. The first-order chi connectivity index (χ1) is 12.8. The van der Waals surface area contributed by atoms with Gasteiger partial charge >= 0.3 is 12.0 Å². The van der Waals surface area contributed by atoms with Gasteiger partial charge < -0.3 is 20.1 Å². The van der Waals surface area contributed by atoms with E-state index in [9.17, 15) is 14.4 Å². The Morgan fingerprint density at radius 3 is 2.70 bits per heavy atom. The molecule has 2 rings (SSSR count). The van der Waals surface area contributed by atoms with Crippen LogP contribution in [0, 0.1) is 13.8 Å². The molecule has 1 atom stereocenters. The summed E-state index contributed by atoms with van der Waals surface area (Å²) in [5.41, 5.74) is 1.97. The fourth-order valence-corrected chi connectivity index (χ4v) is 3.02. The van der Waals surface area contributed by atoms with E-state index in [1.165, 1.54) is 7.11 Å². The number of urea groups is 1. The number of carbonyl (C=O) groups is 3. The SMILES string of the molecule is COC(=O)C[C@]1(NCC(=O)NC(=O)Nc2cccc(C)c2C)CCCOC1. The first-order valence-corrected chi connectivity index (χ1v) is 8.92. The summed E-state index contributed by atoms with van der Waals surface area (Å²) in [6.45, 7) is 4.66. The van der Waals surface area contributed by atoms with E-state index in [4.69, 9.17) is 9.47 Å². The van der Waals surface area contributed by atoms with Crippen LogP contribution in [0.4, 0.5) is 10.5 Å². The van der Waals surface area contributed by atoms with Crippen molar-refractivity contribution in [1.82, 2.24) is 10.6 Å². The molecule has 27 heavy (non-hydrogen) atoms. The second kappa shape index (κ2) is 9.48. The fraction of sp³-hybridized carbons (Fsp3) is 0.526. The molecular formula is C19H27N3O5. The lowest BCUT2D eigenvalue weighted by molar-refractivity contribution is -0.144. The molecule has 0 spiro atoms. The van der Waals surface area contributed by atoms with Crippen LogP contribution in [0.5, 0.6) is 0 Å². The molecule has 0 aromatic heterocycles. The summed E-state index contributed by atoms with van der Waals surface area (Å²) in [6, 6.07) is 4.95. The molecule has 148 valence electrons. The number of imide groups is 1. The Morgan fingerprint density at radius 1 is 1.26 bits per heavy atom. The summed E-state index contributed by atoms with van der Waals surface area (Å²) in [4.78, 5) is 35.9. The number of anilines is 1. The maximum Gasteiger partial charge on any atom is 0.325 e. The van der Waals surface area contributed by atoms with E-state index < -0.39 is 17.5 Å². The topological polar surface area (TPSA) is 106 Å². The minimum Gasteiger partial charge on any atom is -0.469 e. The van der Waals surface area contributed by atoms with Crippen molar-refractivity contribution in [2.45, 2.75) is 38.6 Å². The number of hydrogen-bond acceptors (Lipinski definition) is 6. The fourth-order valence-electron chi connectivity index (χ4n) is 3.02. The Hall–Kier alpha value is -2.45. The quantitative estimate of drug-likeness (QED) is 0.651. The molecule has 1 heterocycles. The molecular weight excluding hydrogens is 350 g/mol. The van der Waals surface area contributed by atoms with Gasteiger partial charge in [0, 0.05) is 12.3 Å². The number of hydrogen-bond donors (Lipinski definition) is 3. The van der Waals surface area contributed by atoms with Crippen LogP contribution >= 0.6 is 0 Å². The number of carbonyl (C=O) groups excluding carboxylic acids is 3. The molecule has 1 aromatic rings. The smallest absolute Gasteiger partial charge is 0.325 e. The molecule has 3 N–H and O–H groups in total. The average Bonchev–Trinajstić information content (AvgIpc) is 2.64. The Balaban J connectivity index is 1.88. The summed E-state index contributed by atoms with van der Waals surface area (Å²) in [5.74, 6) is -0.867. The number of benzene rings is 1. The van der Waals surface area contributed by atoms with Crippen LogP contribution < -0.4 is 16.0 Å². The predicted octanol–water partition coefficient (Wildman–Crippen LogP) is 1.65. The molecule has 0 radical (unpaired) electrons. The lowest BCUT2D eigenvalue weighted by Gasteiger charge is -2.37. The maximum atomic E-state index is 12.1. The summed E-state index contributed by atoms with van der Waals surface area (Å²) in [7, 11) is 1.32. The van der Waals surface area contributed by atoms with Crippen LogP contribution in [-0.4, -0.2) is 50.3 Å². The minimum atomic E-state index is -0.660. The van der Waals surface area contributed by atoms with Crippen LogP contribution in [0.1, 0.15) is 30.4 Å². The highest BCUT2D eigenvalue weighted by molar-refractivity contribution is 6.02. The Bertz CT molecular complexity index is 699. The van der Waals surface area contributed by atoms with Gasteiger partial charge in [-0.15, -0.1) is 0 Å². The molecule has 1 saturated heterocycles. The predicted molar refractivity (Wildman–Crippen MR) is 100 cm³/mol. The van der Waals surface area contributed by atoms with Gasteiger partial charge in [0.1, 0.15) is 0 Å². The van der Waals surface area contributed by atoms with Crippen molar-refractivity contribution in [2.75, 3.05) is 32.2 Å². The van der Waals surface area contributed by atoms with Crippen molar-refractivity contribution < 1.29 is 23.9 Å². The van der Waals surface area contributed by atoms with Crippen LogP contribution in [-0.2, 0) is 19.1 Å². The van der Waals surface area contributed by atoms with Crippen LogP contribution in [0.3, 0.4) is 0 Å². The van der Waals surface area contributed by atoms with E-state index in [2.05, 4.69) is 16.0 Å². The summed E-state index contributed by atoms with van der Waals surface area (Å²) in [6.07, 6.45) is 1.56. The van der Waals surface area contributed by atoms with Gasteiger partial charge in [-0.3, -0.25) is 14.9 Å². The molecule has 1 fully saturated rings. The van der Waals surface area contributed by atoms with E-state index in [-0.39, 0.29) is 18.9 Å². The van der Waals surface area contributed by atoms with E-state index in [0.717, 1.165) is 17.5 Å². The number of rotatable bonds is 6. The first-order valence-electron chi connectivity index (χ1n) is 8.92. The Morgan fingerprint density at radius 2 is 2.04 bits per heavy atom. The molecule has 0 unspecified atom stereocenters. The van der Waals surface area contributed by atoms with Crippen LogP contribution in [0.25, 0.3) is 0 Å². The van der Waals surface area contributed by atoms with Crippen LogP contribution in [0.2, 0.25) is 0 Å². The van der Waals surface area contributed by atoms with E-state index in [1.54, 1.807) is 6.07 Å². The lowest BCUT2D eigenvalue weighted by Crippen LogP contribution is -2.56. The normalized spacial score (nSPS) is 19.2. The molecule has 8 nitrogen and oxygen atoms in total. The van der Waals surface area contributed by atoms with Gasteiger partial charge in [-0.05, 0) is 43.9 Å². The van der Waals surface area contributed by atoms with E-state index in [1.807, 2.05) is 26.0 Å². The van der Waals surface area contributed by atoms with Crippen LogP contribution in [0.15, 0.2) is 18.2 Å². The highest BCUT2D eigenvalue weighted by Gasteiger charge is 2.35. The molecule has 3 amide bonds. The third-order valence-corrected chi connectivity index (χ3v) is 4.76. The molecule has 1 aliphatic rings. The second-order valence-electron chi connectivity index (χ2n) is 6.79. The molecule has 8 heteroatoms. The third-order valence-electron chi connectivity index (χ3n) is 4.76. The molecule has 0 aliphatic carbocycles. The standard InChI is InChI=1S/C19H27N3O5/c1-13-6-4-7-15(14(13)2)21-18(25)22-16(23)11-20-19(10-17(24)26-3)8-5-9-27-12-19/h4,6-7,20H,5,8-12H2,1-3H3,(H2,21,22,23,25)/t19-/m1/s1.